The van der Waals surface area contributed by atoms with Crippen molar-refractivity contribution in [1.82, 2.24) is 20.4 Å². The number of hydrogen-bond donors (Lipinski definition) is 2. The predicted molar refractivity (Wildman–Crippen MR) is 87.0 cm³/mol. The molecule has 2 atom stereocenters. The number of nitrogens with zero attached hydrogens (tertiary/aromatic N) is 2. The molecule has 0 spiro atoms. The monoisotopic (exact) mass is 318 g/mol. The average Bonchev–Trinajstić information content (AvgIpc) is 3.22. The molecular formula is C16H19ClN4O. The van der Waals surface area contributed by atoms with E-state index >= 15 is 0 Å². The van der Waals surface area contributed by atoms with Crippen molar-refractivity contribution >= 4 is 18.3 Å². The first-order chi connectivity index (χ1) is 10.3. The lowest BCUT2D eigenvalue weighted by Gasteiger charge is -2.16. The van der Waals surface area contributed by atoms with Crippen molar-refractivity contribution in [2.75, 3.05) is 26.2 Å². The van der Waals surface area contributed by atoms with E-state index in [0.717, 1.165) is 37.4 Å². The van der Waals surface area contributed by atoms with Crippen molar-refractivity contribution in [1.29, 1.82) is 0 Å². The summed E-state index contributed by atoms with van der Waals surface area (Å²) in [7, 11) is 0. The summed E-state index contributed by atoms with van der Waals surface area (Å²) < 4.78 is 0. The molecule has 2 aliphatic heterocycles. The second-order valence-corrected chi connectivity index (χ2v) is 5.92. The minimum Gasteiger partial charge on any atom is -0.337 e. The zero-order valence-electron chi connectivity index (χ0n) is 12.2. The number of H-pyrrole nitrogens is 1. The minimum absolute atomic E-state index is 0. The maximum Gasteiger partial charge on any atom is 0.271 e. The van der Waals surface area contributed by atoms with E-state index in [-0.39, 0.29) is 18.3 Å². The molecule has 2 fully saturated rings. The number of nitrogens with one attached hydrogen (secondary N) is 2. The molecule has 2 aliphatic rings. The van der Waals surface area contributed by atoms with Gasteiger partial charge in [0, 0.05) is 31.7 Å². The Morgan fingerprint density at radius 3 is 2.50 bits per heavy atom. The second-order valence-electron chi connectivity index (χ2n) is 5.92. The van der Waals surface area contributed by atoms with Crippen molar-refractivity contribution in [2.45, 2.75) is 0 Å². The van der Waals surface area contributed by atoms with Gasteiger partial charge in [0.1, 0.15) is 5.69 Å². The lowest BCUT2D eigenvalue weighted by molar-refractivity contribution is 0.0776. The van der Waals surface area contributed by atoms with Crippen molar-refractivity contribution in [3.63, 3.8) is 0 Å². The summed E-state index contributed by atoms with van der Waals surface area (Å²) in [5, 5.41) is 10.5. The number of benzene rings is 1. The van der Waals surface area contributed by atoms with Gasteiger partial charge in [-0.15, -0.1) is 12.4 Å². The Hall–Kier alpha value is -1.85. The normalized spacial score (nSPS) is 23.2. The lowest BCUT2D eigenvalue weighted by Crippen LogP contribution is -2.32. The highest BCUT2D eigenvalue weighted by atomic mass is 35.5. The number of carbonyl (C=O) groups excluding carboxylic acids is 1. The highest BCUT2D eigenvalue weighted by Gasteiger charge is 2.38. The number of hydrogen-bond acceptors (Lipinski definition) is 3. The molecule has 1 aromatic carbocycles. The topological polar surface area (TPSA) is 61.0 Å². The third-order valence-electron chi connectivity index (χ3n) is 4.55. The fourth-order valence-electron chi connectivity index (χ4n) is 3.38. The predicted octanol–water partition coefficient (Wildman–Crippen LogP) is 1.79. The van der Waals surface area contributed by atoms with Crippen molar-refractivity contribution < 1.29 is 4.79 Å². The van der Waals surface area contributed by atoms with E-state index in [2.05, 4.69) is 15.5 Å². The van der Waals surface area contributed by atoms with E-state index in [1.807, 2.05) is 41.3 Å². The highest BCUT2D eigenvalue weighted by Crippen LogP contribution is 2.27. The van der Waals surface area contributed by atoms with E-state index in [1.165, 1.54) is 0 Å². The Balaban J connectivity index is 0.00000144. The maximum absolute atomic E-state index is 12.6. The fourth-order valence-corrected chi connectivity index (χ4v) is 3.38. The standard InChI is InChI=1S/C16H18N4O.ClH/c21-16(20-9-12-7-17-8-13(12)10-20)15-6-14(18-19-15)11-4-2-1-3-5-11;/h1-6,12-13,17H,7-10H2,(H,18,19);1H/t12-,13+;. The molecule has 1 aromatic heterocycles. The molecule has 5 nitrogen and oxygen atoms in total. The fraction of sp³-hybridized carbons (Fsp3) is 0.375. The zero-order chi connectivity index (χ0) is 14.2. The molecule has 6 heteroatoms. The van der Waals surface area contributed by atoms with Gasteiger partial charge in [-0.2, -0.15) is 5.10 Å². The van der Waals surface area contributed by atoms with Crippen molar-refractivity contribution in [3.05, 3.63) is 42.1 Å². The molecule has 0 saturated carbocycles. The van der Waals surface area contributed by atoms with Gasteiger partial charge in [-0.1, -0.05) is 30.3 Å². The maximum atomic E-state index is 12.6. The first-order valence-corrected chi connectivity index (χ1v) is 7.42. The Kier molecular flexibility index (Phi) is 4.18. The summed E-state index contributed by atoms with van der Waals surface area (Å²) in [6, 6.07) is 11.8. The van der Waals surface area contributed by atoms with Crippen molar-refractivity contribution in [3.8, 4) is 11.3 Å². The number of likely N-dealkylation sites (tertiary alicyclic amines) is 1. The molecule has 22 heavy (non-hydrogen) atoms. The van der Waals surface area contributed by atoms with Gasteiger partial charge in [-0.25, -0.2) is 0 Å². The van der Waals surface area contributed by atoms with Crippen LogP contribution in [0.1, 0.15) is 10.5 Å². The molecule has 0 aliphatic carbocycles. The number of aromatic amines is 1. The Morgan fingerprint density at radius 1 is 1.14 bits per heavy atom. The number of aromatic nitrogens is 2. The summed E-state index contributed by atoms with van der Waals surface area (Å²) in [4.78, 5) is 14.5. The van der Waals surface area contributed by atoms with Crippen LogP contribution < -0.4 is 5.32 Å². The quantitative estimate of drug-likeness (QED) is 0.887. The van der Waals surface area contributed by atoms with E-state index in [1.54, 1.807) is 0 Å². The third kappa shape index (κ3) is 2.62. The van der Waals surface area contributed by atoms with Gasteiger partial charge in [0.25, 0.3) is 5.91 Å². The average molecular weight is 319 g/mol. The van der Waals surface area contributed by atoms with Crippen molar-refractivity contribution in [2.24, 2.45) is 11.8 Å². The van der Waals surface area contributed by atoms with Gasteiger partial charge in [-0.05, 0) is 17.9 Å². The Morgan fingerprint density at radius 2 is 1.82 bits per heavy atom. The largest absolute Gasteiger partial charge is 0.337 e. The van der Waals surface area contributed by atoms with Gasteiger partial charge in [0.15, 0.2) is 0 Å². The van der Waals surface area contributed by atoms with Gasteiger partial charge in [0.05, 0.1) is 5.69 Å². The number of carbonyl (C=O) groups is 1. The number of rotatable bonds is 2. The van der Waals surface area contributed by atoms with Gasteiger partial charge >= 0.3 is 0 Å². The van der Waals surface area contributed by atoms with E-state index in [9.17, 15) is 4.79 Å². The lowest BCUT2D eigenvalue weighted by atomic mass is 10.0. The molecule has 2 saturated heterocycles. The number of fused-ring (bicyclic) bond motifs is 1. The van der Waals surface area contributed by atoms with Crippen LogP contribution in [0.15, 0.2) is 36.4 Å². The van der Waals surface area contributed by atoms with Gasteiger partial charge in [-0.3, -0.25) is 9.89 Å². The highest BCUT2D eigenvalue weighted by molar-refractivity contribution is 5.93. The van der Waals surface area contributed by atoms with Crippen LogP contribution in [0.25, 0.3) is 11.3 Å². The van der Waals surface area contributed by atoms with Crippen LogP contribution in [-0.4, -0.2) is 47.2 Å². The molecule has 4 rings (SSSR count). The molecule has 2 N–H and O–H groups in total. The van der Waals surface area contributed by atoms with Crippen LogP contribution in [0.2, 0.25) is 0 Å². The summed E-state index contributed by atoms with van der Waals surface area (Å²) in [5.41, 5.74) is 2.43. The number of amides is 1. The second kappa shape index (κ2) is 6.10. The Bertz CT molecular complexity index is 645. The van der Waals surface area contributed by atoms with E-state index < -0.39 is 0 Å². The summed E-state index contributed by atoms with van der Waals surface area (Å²) in [6.07, 6.45) is 0. The first kappa shape index (κ1) is 15.1. The van der Waals surface area contributed by atoms with Crippen LogP contribution in [0.5, 0.6) is 0 Å². The molecule has 0 unspecified atom stereocenters. The first-order valence-electron chi connectivity index (χ1n) is 7.42. The summed E-state index contributed by atoms with van der Waals surface area (Å²) in [6.45, 7) is 3.78. The smallest absolute Gasteiger partial charge is 0.271 e. The summed E-state index contributed by atoms with van der Waals surface area (Å²) in [5.74, 6) is 1.30. The molecule has 0 bridgehead atoms. The van der Waals surface area contributed by atoms with Gasteiger partial charge in [0.2, 0.25) is 0 Å². The molecule has 0 radical (unpaired) electrons. The zero-order valence-corrected chi connectivity index (χ0v) is 13.0. The molecule has 3 heterocycles. The molecule has 1 amide bonds. The molecule has 116 valence electrons. The SMILES string of the molecule is Cl.O=C(c1cc(-c2ccccc2)n[nH]1)N1C[C@H]2CNC[C@H]2C1. The summed E-state index contributed by atoms with van der Waals surface area (Å²) >= 11 is 0. The van der Waals surface area contributed by atoms with Crippen LogP contribution in [0.3, 0.4) is 0 Å². The van der Waals surface area contributed by atoms with Crippen LogP contribution >= 0.6 is 12.4 Å². The molecule has 2 aromatic rings. The number of halogens is 1. The Labute approximate surface area is 135 Å². The van der Waals surface area contributed by atoms with Crippen LogP contribution in [0.4, 0.5) is 0 Å². The van der Waals surface area contributed by atoms with E-state index in [0.29, 0.717) is 17.5 Å². The minimum atomic E-state index is 0. The van der Waals surface area contributed by atoms with Crippen LogP contribution in [0, 0.1) is 11.8 Å². The third-order valence-corrected chi connectivity index (χ3v) is 4.55. The molecular weight excluding hydrogens is 300 g/mol. The van der Waals surface area contributed by atoms with E-state index in [4.69, 9.17) is 0 Å². The van der Waals surface area contributed by atoms with Gasteiger partial charge < -0.3 is 10.2 Å². The van der Waals surface area contributed by atoms with Crippen LogP contribution in [-0.2, 0) is 0 Å².